The van der Waals surface area contributed by atoms with Crippen molar-refractivity contribution in [2.75, 3.05) is 0 Å². The predicted molar refractivity (Wildman–Crippen MR) is 23.5 cm³/mol. The molecule has 0 aromatic rings. The highest BCUT2D eigenvalue weighted by atomic mass is 16.1. The molecule has 6 heavy (non-hydrogen) atoms. The lowest BCUT2D eigenvalue weighted by Crippen LogP contribution is -2.03. The van der Waals surface area contributed by atoms with Crippen LogP contribution in [0.4, 0.5) is 0 Å². The van der Waals surface area contributed by atoms with E-state index >= 15 is 0 Å². The molecule has 0 saturated heterocycles. The summed E-state index contributed by atoms with van der Waals surface area (Å²) in [6.07, 6.45) is 0. The highest BCUT2D eigenvalue weighted by Crippen LogP contribution is 1.65. The normalized spacial score (nSPS) is 7.67. The van der Waals surface area contributed by atoms with Crippen LogP contribution < -0.4 is 5.41 Å². The second-order valence-corrected chi connectivity index (χ2v) is 1.14. The molecule has 0 N–H and O–H groups in total. The minimum atomic E-state index is -0.269. The van der Waals surface area contributed by atoms with Crippen molar-refractivity contribution < 1.29 is 4.79 Å². The molecule has 0 saturated carbocycles. The number of nitrogens with zero attached hydrogens (tertiary/aromatic N) is 1. The zero-order chi connectivity index (χ0) is 5.15. The minimum Gasteiger partial charge on any atom is -0.293 e. The van der Waals surface area contributed by atoms with Gasteiger partial charge < -0.3 is 0 Å². The molecular formula is C4H6NO. The van der Waals surface area contributed by atoms with Crippen molar-refractivity contribution in [2.45, 2.75) is 13.8 Å². The Morgan fingerprint density at radius 2 is 1.67 bits per heavy atom. The molecule has 0 fully saturated rings. The van der Waals surface area contributed by atoms with Gasteiger partial charge in [0.05, 0.1) is 0 Å². The van der Waals surface area contributed by atoms with Gasteiger partial charge in [0.15, 0.2) is 5.78 Å². The SMILES string of the molecule is CC(=[N])C(C)=O. The van der Waals surface area contributed by atoms with E-state index in [1.165, 1.54) is 13.8 Å². The molecule has 0 atom stereocenters. The Bertz CT molecular complexity index is 73.5. The fraction of sp³-hybridized carbons (Fsp3) is 0.500. The Labute approximate surface area is 36.7 Å². The molecule has 0 bridgehead atoms. The van der Waals surface area contributed by atoms with Gasteiger partial charge in [-0.3, -0.25) is 4.79 Å². The van der Waals surface area contributed by atoms with Gasteiger partial charge in [-0.2, -0.15) is 5.41 Å². The van der Waals surface area contributed by atoms with E-state index in [4.69, 9.17) is 5.41 Å². The van der Waals surface area contributed by atoms with Crippen molar-refractivity contribution in [1.29, 1.82) is 0 Å². The Kier molecular flexibility index (Phi) is 1.51. The first-order valence-corrected chi connectivity index (χ1v) is 1.68. The zero-order valence-corrected chi connectivity index (χ0v) is 3.86. The van der Waals surface area contributed by atoms with Crippen LogP contribution in [-0.4, -0.2) is 11.5 Å². The number of rotatable bonds is 1. The Hall–Kier alpha value is -0.660. The minimum absolute atomic E-state index is 0.130. The summed E-state index contributed by atoms with van der Waals surface area (Å²) in [5, 5.41) is 8.20. The molecule has 2 nitrogen and oxygen atoms in total. The van der Waals surface area contributed by atoms with Gasteiger partial charge in [0.1, 0.15) is 5.71 Å². The van der Waals surface area contributed by atoms with E-state index < -0.39 is 0 Å². The van der Waals surface area contributed by atoms with Crippen LogP contribution >= 0.6 is 0 Å². The number of Topliss-reactive ketones (excluding diaryl/α,β-unsaturated/α-hetero) is 1. The fourth-order valence-corrected chi connectivity index (χ4v) is 0. The average molecular weight is 84.1 g/mol. The van der Waals surface area contributed by atoms with Crippen molar-refractivity contribution in [2.24, 2.45) is 0 Å². The summed E-state index contributed by atoms with van der Waals surface area (Å²) in [6, 6.07) is 0. The summed E-state index contributed by atoms with van der Waals surface area (Å²) < 4.78 is 0. The molecule has 0 heterocycles. The Morgan fingerprint density at radius 1 is 1.50 bits per heavy atom. The lowest BCUT2D eigenvalue weighted by atomic mass is 10.3. The number of ketones is 1. The molecule has 0 aromatic heterocycles. The van der Waals surface area contributed by atoms with Crippen LogP contribution in [0, 0.1) is 0 Å². The van der Waals surface area contributed by atoms with E-state index in [1.807, 2.05) is 0 Å². The summed E-state index contributed by atoms with van der Waals surface area (Å²) in [5.41, 5.74) is -0.130. The summed E-state index contributed by atoms with van der Waals surface area (Å²) in [7, 11) is 0. The lowest BCUT2D eigenvalue weighted by molar-refractivity contribution is -0.111. The maximum absolute atomic E-state index is 9.86. The molecule has 2 heteroatoms. The van der Waals surface area contributed by atoms with Crippen molar-refractivity contribution in [3.05, 3.63) is 0 Å². The zero-order valence-electron chi connectivity index (χ0n) is 3.86. The van der Waals surface area contributed by atoms with Crippen LogP contribution in [0.3, 0.4) is 0 Å². The maximum atomic E-state index is 9.86. The first-order chi connectivity index (χ1) is 2.64. The van der Waals surface area contributed by atoms with Gasteiger partial charge in [-0.1, -0.05) is 0 Å². The van der Waals surface area contributed by atoms with E-state index in [1.54, 1.807) is 0 Å². The van der Waals surface area contributed by atoms with Crippen LogP contribution in [0.15, 0.2) is 0 Å². The van der Waals surface area contributed by atoms with Crippen LogP contribution in [-0.2, 0) is 4.79 Å². The maximum Gasteiger partial charge on any atom is 0.175 e. The standard InChI is InChI=1S/C4H6NO/c1-3(5)4(2)6/h1-2H3. The molecule has 0 aliphatic carbocycles. The molecule has 0 aliphatic heterocycles. The van der Waals surface area contributed by atoms with Crippen LogP contribution in [0.25, 0.3) is 0 Å². The third-order valence-electron chi connectivity index (χ3n) is 0.510. The highest BCUT2D eigenvalue weighted by Gasteiger charge is 1.90. The van der Waals surface area contributed by atoms with E-state index in [-0.39, 0.29) is 11.5 Å². The van der Waals surface area contributed by atoms with Crippen molar-refractivity contribution in [3.8, 4) is 0 Å². The molecule has 0 spiro atoms. The van der Waals surface area contributed by atoms with Gasteiger partial charge in [0.2, 0.25) is 0 Å². The smallest absolute Gasteiger partial charge is 0.175 e. The quantitative estimate of drug-likeness (QED) is 0.407. The Morgan fingerprint density at radius 3 is 1.67 bits per heavy atom. The van der Waals surface area contributed by atoms with Crippen molar-refractivity contribution in [1.82, 2.24) is 5.41 Å². The number of hydrogen-bond acceptors (Lipinski definition) is 1. The molecule has 1 radical (unpaired) electrons. The summed E-state index contributed by atoms with van der Waals surface area (Å²) in [4.78, 5) is 9.86. The Balaban J connectivity index is 3.57. The summed E-state index contributed by atoms with van der Waals surface area (Å²) >= 11 is 0. The first-order valence-electron chi connectivity index (χ1n) is 1.68. The van der Waals surface area contributed by atoms with Crippen molar-refractivity contribution in [3.63, 3.8) is 0 Å². The van der Waals surface area contributed by atoms with Crippen molar-refractivity contribution >= 4 is 11.5 Å². The van der Waals surface area contributed by atoms with E-state index in [9.17, 15) is 4.79 Å². The predicted octanol–water partition coefficient (Wildman–Crippen LogP) is -0.164. The molecular weight excluding hydrogens is 78.0 g/mol. The van der Waals surface area contributed by atoms with Crippen LogP contribution in [0.1, 0.15) is 13.8 Å². The fourth-order valence-electron chi connectivity index (χ4n) is 0. The number of hydrogen-bond donors (Lipinski definition) is 0. The van der Waals surface area contributed by atoms with Crippen LogP contribution in [0.2, 0.25) is 0 Å². The second-order valence-electron chi connectivity index (χ2n) is 1.14. The van der Waals surface area contributed by atoms with Gasteiger partial charge in [-0.25, -0.2) is 0 Å². The average Bonchev–Trinajstić information content (AvgIpc) is 1.36. The molecule has 0 aromatic carbocycles. The molecule has 0 aliphatic rings. The van der Waals surface area contributed by atoms with E-state index in [2.05, 4.69) is 0 Å². The summed E-state index contributed by atoms with van der Waals surface area (Å²) in [5.74, 6) is -0.269. The van der Waals surface area contributed by atoms with Crippen LogP contribution in [0.5, 0.6) is 0 Å². The van der Waals surface area contributed by atoms with Gasteiger partial charge in [-0.15, -0.1) is 0 Å². The van der Waals surface area contributed by atoms with Gasteiger partial charge in [-0.05, 0) is 6.92 Å². The summed E-state index contributed by atoms with van der Waals surface area (Å²) in [6.45, 7) is 2.68. The van der Waals surface area contributed by atoms with E-state index in [0.29, 0.717) is 0 Å². The third kappa shape index (κ3) is 1.64. The van der Waals surface area contributed by atoms with E-state index in [0.717, 1.165) is 0 Å². The second kappa shape index (κ2) is 1.70. The highest BCUT2D eigenvalue weighted by molar-refractivity contribution is 6.37. The molecule has 33 valence electrons. The van der Waals surface area contributed by atoms with Gasteiger partial charge in [0, 0.05) is 6.92 Å². The molecule has 0 amide bonds. The third-order valence-corrected chi connectivity index (χ3v) is 0.510. The van der Waals surface area contributed by atoms with Gasteiger partial charge >= 0.3 is 0 Å². The number of carbonyl (C=O) groups is 1. The first kappa shape index (κ1) is 5.34. The largest absolute Gasteiger partial charge is 0.293 e. The molecule has 0 rings (SSSR count). The van der Waals surface area contributed by atoms with Gasteiger partial charge in [0.25, 0.3) is 0 Å². The topological polar surface area (TPSA) is 39.4 Å². The molecule has 0 unspecified atom stereocenters. The lowest BCUT2D eigenvalue weighted by Gasteiger charge is -1.76. The monoisotopic (exact) mass is 84.0 g/mol. The number of carbonyl (C=O) groups excluding carboxylic acids is 1.